The van der Waals surface area contributed by atoms with Crippen LogP contribution in [0, 0.1) is 11.8 Å². The zero-order valence-corrected chi connectivity index (χ0v) is 18.7. The number of hydrogen-bond donors (Lipinski definition) is 2. The Morgan fingerprint density at radius 3 is 2.69 bits per heavy atom. The van der Waals surface area contributed by atoms with Crippen LogP contribution in [-0.4, -0.2) is 62.2 Å². The first-order chi connectivity index (χ1) is 15.5. The summed E-state index contributed by atoms with van der Waals surface area (Å²) in [6.45, 7) is 1.34. The Morgan fingerprint density at radius 2 is 2.00 bits per heavy atom. The van der Waals surface area contributed by atoms with Crippen LogP contribution in [0.15, 0.2) is 18.2 Å². The highest BCUT2D eigenvalue weighted by atomic mass is 16.5. The maximum absolute atomic E-state index is 13.1. The van der Waals surface area contributed by atoms with E-state index in [1.165, 1.54) is 18.0 Å². The number of carbonyl (C=O) groups excluding carboxylic acids is 4. The van der Waals surface area contributed by atoms with Gasteiger partial charge in [-0.1, -0.05) is 12.1 Å². The molecule has 1 fully saturated rings. The predicted molar refractivity (Wildman–Crippen MR) is 120 cm³/mol. The van der Waals surface area contributed by atoms with Crippen LogP contribution in [0.1, 0.15) is 65.7 Å². The number of rotatable bonds is 11. The van der Waals surface area contributed by atoms with Crippen LogP contribution in [0.4, 0.5) is 0 Å². The van der Waals surface area contributed by atoms with Gasteiger partial charge in [0.1, 0.15) is 11.8 Å². The van der Waals surface area contributed by atoms with Crippen LogP contribution in [0.25, 0.3) is 0 Å². The van der Waals surface area contributed by atoms with E-state index < -0.39 is 17.9 Å². The van der Waals surface area contributed by atoms with Crippen LogP contribution in [0.5, 0.6) is 5.75 Å². The van der Waals surface area contributed by atoms with E-state index >= 15 is 0 Å². The van der Waals surface area contributed by atoms with E-state index in [0.717, 1.165) is 25.8 Å². The molecule has 1 unspecified atom stereocenters. The second kappa shape index (κ2) is 13.3. The highest BCUT2D eigenvalue weighted by Gasteiger charge is 2.34. The lowest BCUT2D eigenvalue weighted by Crippen LogP contribution is -2.53. The summed E-state index contributed by atoms with van der Waals surface area (Å²) in [5, 5.41) is 5.35. The molecular formula is C24H31N3O5. The van der Waals surface area contributed by atoms with Crippen LogP contribution in [0.2, 0.25) is 0 Å². The normalized spacial score (nSPS) is 15.4. The van der Waals surface area contributed by atoms with Gasteiger partial charge in [-0.05, 0) is 45.3 Å². The fourth-order valence-corrected chi connectivity index (χ4v) is 3.40. The van der Waals surface area contributed by atoms with Gasteiger partial charge in [-0.3, -0.25) is 24.5 Å². The first-order valence-corrected chi connectivity index (χ1v) is 10.9. The second-order valence-electron chi connectivity index (χ2n) is 7.59. The fraction of sp³-hybridized carbons (Fsp3) is 0.500. The number of benzene rings is 1. The summed E-state index contributed by atoms with van der Waals surface area (Å²) in [6, 6.07) is 4.03. The minimum absolute atomic E-state index is 0.116. The van der Waals surface area contributed by atoms with Gasteiger partial charge in [0, 0.05) is 31.9 Å². The number of imide groups is 1. The van der Waals surface area contributed by atoms with Gasteiger partial charge in [0.2, 0.25) is 11.8 Å². The largest absolute Gasteiger partial charge is 0.493 e. The second-order valence-corrected chi connectivity index (χ2v) is 7.59. The van der Waals surface area contributed by atoms with Crippen molar-refractivity contribution in [2.75, 3.05) is 27.2 Å². The molecule has 3 amide bonds. The van der Waals surface area contributed by atoms with Crippen molar-refractivity contribution in [1.82, 2.24) is 15.5 Å². The third-order valence-electron chi connectivity index (χ3n) is 5.20. The number of nitrogens with one attached hydrogen (secondary N) is 2. The number of likely N-dealkylation sites (N-methyl/N-ethyl adjacent to an activating group) is 1. The van der Waals surface area contributed by atoms with Gasteiger partial charge in [-0.25, -0.2) is 0 Å². The number of aldehydes is 1. The number of carbonyl (C=O) groups is 4. The first kappa shape index (κ1) is 25.1. The quantitative estimate of drug-likeness (QED) is 0.235. The van der Waals surface area contributed by atoms with Gasteiger partial charge in [-0.2, -0.15) is 0 Å². The molecule has 0 bridgehead atoms. The first-order valence-electron chi connectivity index (χ1n) is 10.9. The van der Waals surface area contributed by atoms with Gasteiger partial charge < -0.3 is 15.0 Å². The molecule has 0 spiro atoms. The number of unbranched alkanes of at least 4 members (excludes halogenated alkanes) is 3. The Labute approximate surface area is 189 Å². The average Bonchev–Trinajstić information content (AvgIpc) is 2.79. The van der Waals surface area contributed by atoms with E-state index in [0.29, 0.717) is 31.5 Å². The Morgan fingerprint density at radius 1 is 1.25 bits per heavy atom. The standard InChI is InChI=1S/C24H31N3O5/c1-25-15-8-6-4-3-5-7-9-16-32-20-12-10-11-18(17-28)22(20)24(31)27(2)19-13-14-21(29)26-23(19)30/h10-12,17,19,25H,4,6-9,13-16H2,1-2H3,(H,26,29,30). The number of nitrogens with zero attached hydrogens (tertiary/aromatic N) is 1. The molecular weight excluding hydrogens is 410 g/mol. The number of amides is 3. The molecule has 1 atom stereocenters. The lowest BCUT2D eigenvalue weighted by molar-refractivity contribution is -0.136. The van der Waals surface area contributed by atoms with Crippen molar-refractivity contribution in [3.05, 3.63) is 29.3 Å². The summed E-state index contributed by atoms with van der Waals surface area (Å²) in [5.74, 6) is 5.18. The Kier molecular flexibility index (Phi) is 10.4. The molecule has 0 radical (unpaired) electrons. The van der Waals surface area contributed by atoms with Crippen LogP contribution in [-0.2, 0) is 9.59 Å². The topological polar surface area (TPSA) is 105 Å². The molecule has 2 N–H and O–H groups in total. The van der Waals surface area contributed by atoms with Crippen molar-refractivity contribution in [2.45, 2.75) is 51.0 Å². The molecule has 0 saturated carbocycles. The minimum atomic E-state index is -0.781. The molecule has 0 aliphatic carbocycles. The van der Waals surface area contributed by atoms with E-state index in [1.54, 1.807) is 12.1 Å². The molecule has 0 aromatic heterocycles. The number of ether oxygens (including phenoxy) is 1. The number of piperidine rings is 1. The summed E-state index contributed by atoms with van der Waals surface area (Å²) in [6.07, 6.45) is 5.39. The SMILES string of the molecule is CNCCCCC#CCCCOc1cccc(C=O)c1C(=O)N(C)C1CCC(=O)NC1=O. The summed E-state index contributed by atoms with van der Waals surface area (Å²) >= 11 is 0. The molecule has 2 rings (SSSR count). The third kappa shape index (κ3) is 7.20. The zero-order chi connectivity index (χ0) is 23.3. The minimum Gasteiger partial charge on any atom is -0.493 e. The van der Waals surface area contributed by atoms with Gasteiger partial charge >= 0.3 is 0 Å². The fourth-order valence-electron chi connectivity index (χ4n) is 3.40. The summed E-state index contributed by atoms with van der Waals surface area (Å²) in [4.78, 5) is 49.5. The molecule has 1 saturated heterocycles. The van der Waals surface area contributed by atoms with Crippen LogP contribution in [0.3, 0.4) is 0 Å². The van der Waals surface area contributed by atoms with E-state index in [1.807, 2.05) is 7.05 Å². The summed E-state index contributed by atoms with van der Waals surface area (Å²) < 4.78 is 5.80. The Bertz CT molecular complexity index is 887. The van der Waals surface area contributed by atoms with Crippen molar-refractivity contribution in [1.29, 1.82) is 0 Å². The molecule has 1 aromatic rings. The molecule has 8 nitrogen and oxygen atoms in total. The molecule has 1 heterocycles. The monoisotopic (exact) mass is 441 g/mol. The summed E-state index contributed by atoms with van der Waals surface area (Å²) in [5.41, 5.74) is 0.304. The maximum Gasteiger partial charge on any atom is 0.258 e. The number of hydrogen-bond acceptors (Lipinski definition) is 6. The Balaban J connectivity index is 1.98. The van der Waals surface area contributed by atoms with Crippen molar-refractivity contribution in [3.63, 3.8) is 0 Å². The molecule has 1 aliphatic heterocycles. The van der Waals surface area contributed by atoms with Crippen molar-refractivity contribution in [2.24, 2.45) is 0 Å². The van der Waals surface area contributed by atoms with E-state index in [2.05, 4.69) is 22.5 Å². The van der Waals surface area contributed by atoms with E-state index in [-0.39, 0.29) is 29.9 Å². The molecule has 8 heteroatoms. The van der Waals surface area contributed by atoms with Crippen molar-refractivity contribution >= 4 is 24.0 Å². The zero-order valence-electron chi connectivity index (χ0n) is 18.7. The van der Waals surface area contributed by atoms with Gasteiger partial charge in [0.05, 0.1) is 12.2 Å². The van der Waals surface area contributed by atoms with E-state index in [4.69, 9.17) is 4.74 Å². The average molecular weight is 442 g/mol. The molecule has 1 aliphatic rings. The predicted octanol–water partition coefficient (Wildman–Crippen LogP) is 1.93. The highest BCUT2D eigenvalue weighted by molar-refractivity contribution is 6.07. The third-order valence-corrected chi connectivity index (χ3v) is 5.20. The van der Waals surface area contributed by atoms with Gasteiger partial charge in [0.15, 0.2) is 6.29 Å². The van der Waals surface area contributed by atoms with E-state index in [9.17, 15) is 19.2 Å². The molecule has 32 heavy (non-hydrogen) atoms. The van der Waals surface area contributed by atoms with Crippen molar-refractivity contribution in [3.8, 4) is 17.6 Å². The summed E-state index contributed by atoms with van der Waals surface area (Å²) in [7, 11) is 3.42. The maximum atomic E-state index is 13.1. The lowest BCUT2D eigenvalue weighted by atomic mass is 10.0. The lowest BCUT2D eigenvalue weighted by Gasteiger charge is -2.30. The molecule has 172 valence electrons. The Hall–Kier alpha value is -3.18. The smallest absolute Gasteiger partial charge is 0.258 e. The molecule has 1 aromatic carbocycles. The van der Waals surface area contributed by atoms with Crippen LogP contribution < -0.4 is 15.4 Å². The van der Waals surface area contributed by atoms with Gasteiger partial charge in [-0.15, -0.1) is 11.8 Å². The van der Waals surface area contributed by atoms with Gasteiger partial charge in [0.25, 0.3) is 5.91 Å². The highest BCUT2D eigenvalue weighted by Crippen LogP contribution is 2.25. The van der Waals surface area contributed by atoms with Crippen molar-refractivity contribution < 1.29 is 23.9 Å². The van der Waals surface area contributed by atoms with Crippen LogP contribution >= 0.6 is 0 Å².